The minimum absolute atomic E-state index is 0.00867. The van der Waals surface area contributed by atoms with Crippen LogP contribution in [0, 0.1) is 33.5 Å². The molecule has 2 fully saturated rings. The minimum Gasteiger partial charge on any atom is -0.207 e. The Bertz CT molecular complexity index is 1420. The number of nitroso groups, excluding NO2 is 2. The van der Waals surface area contributed by atoms with Gasteiger partial charge in [-0.1, -0.05) is 50.2 Å². The zero-order chi connectivity index (χ0) is 29.0. The number of nitrogens with zero attached hydrogens (tertiary/aromatic N) is 4. The van der Waals surface area contributed by atoms with Gasteiger partial charge in [0.1, 0.15) is 12.1 Å². The van der Waals surface area contributed by atoms with Gasteiger partial charge in [0.25, 0.3) is 0 Å². The van der Waals surface area contributed by atoms with Crippen LogP contribution in [-0.4, -0.2) is 51.6 Å². The molecule has 0 bridgehead atoms. The first-order chi connectivity index (χ1) is 18.9. The second-order valence-corrected chi connectivity index (χ2v) is 16.0. The number of benzene rings is 2. The topological polar surface area (TPSA) is 134 Å². The fourth-order valence-corrected chi connectivity index (χ4v) is 10.3. The van der Waals surface area contributed by atoms with Crippen LogP contribution in [0.1, 0.15) is 74.9 Å². The maximum absolute atomic E-state index is 13.6. The van der Waals surface area contributed by atoms with Crippen LogP contribution in [0.2, 0.25) is 0 Å². The van der Waals surface area contributed by atoms with E-state index in [1.165, 1.54) is 45.0 Å². The molecule has 0 spiro atoms. The summed E-state index contributed by atoms with van der Waals surface area (Å²) in [7, 11) is -7.75. The van der Waals surface area contributed by atoms with Crippen molar-refractivity contribution in [2.24, 2.45) is 34.0 Å². The van der Waals surface area contributed by atoms with Gasteiger partial charge in [-0.3, -0.25) is 0 Å². The molecule has 2 saturated heterocycles. The van der Waals surface area contributed by atoms with Gasteiger partial charge >= 0.3 is 0 Å². The van der Waals surface area contributed by atoms with Crippen LogP contribution in [-0.2, 0) is 20.0 Å². The summed E-state index contributed by atoms with van der Waals surface area (Å²) in [5.41, 5.74) is 1.28. The molecule has 0 saturated carbocycles. The molecule has 5 rings (SSSR count). The van der Waals surface area contributed by atoms with Crippen LogP contribution in [0.4, 0.5) is 0 Å². The Morgan fingerprint density at radius 3 is 1.23 bits per heavy atom. The zero-order valence-electron chi connectivity index (χ0n) is 23.2. The van der Waals surface area contributed by atoms with Crippen molar-refractivity contribution in [3.8, 4) is 0 Å². The summed E-state index contributed by atoms with van der Waals surface area (Å²) < 4.78 is 57.4. The van der Waals surface area contributed by atoms with Crippen molar-refractivity contribution in [1.82, 2.24) is 8.61 Å². The Morgan fingerprint density at radius 2 is 0.900 bits per heavy atom. The van der Waals surface area contributed by atoms with Crippen molar-refractivity contribution in [2.75, 3.05) is 26.2 Å². The smallest absolute Gasteiger partial charge is 0.207 e. The maximum atomic E-state index is 13.6. The van der Waals surface area contributed by atoms with E-state index in [4.69, 9.17) is 0 Å². The summed E-state index contributed by atoms with van der Waals surface area (Å²) in [5, 5.41) is 6.60. The van der Waals surface area contributed by atoms with E-state index in [1.807, 2.05) is 27.7 Å². The largest absolute Gasteiger partial charge is 0.243 e. The molecule has 0 unspecified atom stereocenters. The molecule has 2 aliphatic heterocycles. The van der Waals surface area contributed by atoms with Gasteiger partial charge in [-0.15, -0.1) is 9.81 Å². The molecule has 0 amide bonds. The zero-order valence-corrected chi connectivity index (χ0v) is 24.9. The maximum Gasteiger partial charge on any atom is 0.243 e. The normalized spacial score (nSPS) is 29.8. The summed E-state index contributed by atoms with van der Waals surface area (Å²) >= 11 is 0. The standard InChI is InChI=1S/C28H36N4O6S2/c1-17-9-18(2)14-31(13-17)39(35,36)21-5-7-23-25(11-21)28(30-34)26-12-22(6-8-24(26)27(23)29-33)40(37,38)32-15-19(3)10-20(4)16-32/h5-8,11-12,17-20,27-28H,9-10,13-16H2,1-4H3/t17-,18+,19-,20+,27?,28?. The van der Waals surface area contributed by atoms with Crippen LogP contribution in [0.5, 0.6) is 0 Å². The highest BCUT2D eigenvalue weighted by Gasteiger charge is 2.39. The fraction of sp³-hybridized carbons (Fsp3) is 0.571. The number of sulfonamides is 2. The number of fused-ring (bicyclic) bond motifs is 2. The highest BCUT2D eigenvalue weighted by atomic mass is 32.2. The quantitative estimate of drug-likeness (QED) is 0.434. The van der Waals surface area contributed by atoms with Gasteiger partial charge in [0.05, 0.1) is 9.79 Å². The molecule has 0 radical (unpaired) electrons. The molecule has 0 N–H and O–H groups in total. The second-order valence-electron chi connectivity index (χ2n) is 12.1. The molecule has 4 atom stereocenters. The molecular weight excluding hydrogens is 552 g/mol. The predicted octanol–water partition coefficient (Wildman–Crippen LogP) is 5.04. The molecule has 2 aromatic rings. The average molecular weight is 589 g/mol. The minimum atomic E-state index is -3.87. The molecule has 1 aliphatic carbocycles. The van der Waals surface area contributed by atoms with Crippen molar-refractivity contribution in [3.05, 3.63) is 68.5 Å². The monoisotopic (exact) mass is 588 g/mol. The average Bonchev–Trinajstić information content (AvgIpc) is 2.89. The summed E-state index contributed by atoms with van der Waals surface area (Å²) in [5.74, 6) is 0.842. The molecule has 10 nitrogen and oxygen atoms in total. The number of piperidine rings is 2. The van der Waals surface area contributed by atoms with Crippen molar-refractivity contribution in [3.63, 3.8) is 0 Å². The summed E-state index contributed by atoms with van der Waals surface area (Å²) in [6.07, 6.45) is 1.88. The van der Waals surface area contributed by atoms with Gasteiger partial charge in [-0.05, 0) is 83.0 Å². The van der Waals surface area contributed by atoms with E-state index in [0.717, 1.165) is 12.8 Å². The highest BCUT2D eigenvalue weighted by Crippen LogP contribution is 2.46. The van der Waals surface area contributed by atoms with Crippen LogP contribution < -0.4 is 0 Å². The summed E-state index contributed by atoms with van der Waals surface area (Å²) in [4.78, 5) is 24.4. The van der Waals surface area contributed by atoms with E-state index < -0.39 is 32.1 Å². The van der Waals surface area contributed by atoms with Crippen LogP contribution >= 0.6 is 0 Å². The highest BCUT2D eigenvalue weighted by molar-refractivity contribution is 7.89. The second kappa shape index (κ2) is 10.7. The van der Waals surface area contributed by atoms with Gasteiger partial charge in [-0.25, -0.2) is 16.8 Å². The Kier molecular flexibility index (Phi) is 7.75. The van der Waals surface area contributed by atoms with E-state index in [1.54, 1.807) is 0 Å². The molecule has 216 valence electrons. The molecular formula is C28H36N4O6S2. The third-order valence-corrected chi connectivity index (χ3v) is 12.1. The van der Waals surface area contributed by atoms with Gasteiger partial charge in [0.2, 0.25) is 20.0 Å². The van der Waals surface area contributed by atoms with Crippen molar-refractivity contribution < 1.29 is 16.8 Å². The fourth-order valence-electron chi connectivity index (χ4n) is 6.86. The predicted molar refractivity (Wildman–Crippen MR) is 152 cm³/mol. The van der Waals surface area contributed by atoms with E-state index >= 15 is 0 Å². The van der Waals surface area contributed by atoms with Crippen LogP contribution in [0.3, 0.4) is 0 Å². The Labute approximate surface area is 236 Å². The van der Waals surface area contributed by atoms with E-state index in [-0.39, 0.29) is 44.6 Å². The summed E-state index contributed by atoms with van der Waals surface area (Å²) in [6.45, 7) is 9.67. The van der Waals surface area contributed by atoms with Gasteiger partial charge < -0.3 is 0 Å². The van der Waals surface area contributed by atoms with Crippen molar-refractivity contribution in [1.29, 1.82) is 0 Å². The van der Waals surface area contributed by atoms with Crippen LogP contribution in [0.25, 0.3) is 0 Å². The molecule has 12 heteroatoms. The third kappa shape index (κ3) is 5.03. The first-order valence-corrected chi connectivity index (χ1v) is 16.7. The first kappa shape index (κ1) is 29.0. The summed E-state index contributed by atoms with van der Waals surface area (Å²) in [6, 6.07) is 6.52. The van der Waals surface area contributed by atoms with E-state index in [2.05, 4.69) is 10.4 Å². The number of hydrogen-bond donors (Lipinski definition) is 0. The number of hydrogen-bond acceptors (Lipinski definition) is 8. The molecule has 40 heavy (non-hydrogen) atoms. The van der Waals surface area contributed by atoms with E-state index in [0.29, 0.717) is 37.3 Å². The van der Waals surface area contributed by atoms with Gasteiger partial charge in [0.15, 0.2) is 0 Å². The SMILES string of the molecule is C[C@@H]1C[C@H](C)CN(S(=O)(=O)c2ccc3c(c2)C(N=O)c2cc(S(=O)(=O)N4C[C@H](C)C[C@H](C)C4)ccc2C3N=O)C1. The lowest BCUT2D eigenvalue weighted by molar-refractivity contribution is 0.222. The van der Waals surface area contributed by atoms with E-state index in [9.17, 15) is 26.6 Å². The number of rotatable bonds is 6. The van der Waals surface area contributed by atoms with Crippen molar-refractivity contribution >= 4 is 20.0 Å². The molecule has 2 aromatic carbocycles. The lowest BCUT2D eigenvalue weighted by atomic mass is 9.80. The Balaban J connectivity index is 1.57. The first-order valence-electron chi connectivity index (χ1n) is 13.8. The lowest BCUT2D eigenvalue weighted by Gasteiger charge is -2.35. The lowest BCUT2D eigenvalue weighted by Crippen LogP contribution is -2.42. The molecule has 0 aromatic heterocycles. The molecule has 2 heterocycles. The van der Waals surface area contributed by atoms with Gasteiger partial charge in [0, 0.05) is 26.2 Å². The Morgan fingerprint density at radius 1 is 0.575 bits per heavy atom. The van der Waals surface area contributed by atoms with Gasteiger partial charge in [-0.2, -0.15) is 8.61 Å². The van der Waals surface area contributed by atoms with Crippen LogP contribution in [0.15, 0.2) is 56.5 Å². The third-order valence-electron chi connectivity index (χ3n) is 8.45. The Hall–Kier alpha value is -2.54. The molecule has 3 aliphatic rings. The van der Waals surface area contributed by atoms with Crippen molar-refractivity contribution in [2.45, 2.75) is 62.4 Å².